The van der Waals surface area contributed by atoms with Crippen molar-refractivity contribution in [2.45, 2.75) is 48.0 Å². The third-order valence-corrected chi connectivity index (χ3v) is 2.27. The molecule has 0 rings (SSSR count). The number of hydrogen-bond donors (Lipinski definition) is 0. The lowest BCUT2D eigenvalue weighted by atomic mass is 9.88. The third-order valence-electron chi connectivity index (χ3n) is 2.27. The second kappa shape index (κ2) is 4.58. The van der Waals surface area contributed by atoms with Crippen LogP contribution in [0.4, 0.5) is 0 Å². The second-order valence-corrected chi connectivity index (χ2v) is 3.90. The van der Waals surface area contributed by atoms with E-state index in [0.29, 0.717) is 0 Å². The van der Waals surface area contributed by atoms with Gasteiger partial charge in [-0.2, -0.15) is 0 Å². The molecule has 0 saturated heterocycles. The van der Waals surface area contributed by atoms with Crippen molar-refractivity contribution in [3.8, 4) is 0 Å². The lowest BCUT2D eigenvalue weighted by Gasteiger charge is -2.18. The summed E-state index contributed by atoms with van der Waals surface area (Å²) < 4.78 is 0. The average Bonchev–Trinajstić information content (AvgIpc) is 1.85. The maximum atomic E-state index is 2.29. The Kier molecular flexibility index (Phi) is 4.48. The highest BCUT2D eigenvalue weighted by atomic mass is 14.2. The topological polar surface area (TPSA) is 0 Å². The zero-order valence-electron chi connectivity index (χ0n) is 8.86. The van der Waals surface area contributed by atoms with E-state index >= 15 is 0 Å². The third kappa shape index (κ3) is 3.09. The predicted octanol–water partition coefficient (Wildman–Crippen LogP) is 4.02. The average molecular weight is 154 g/mol. The maximum Gasteiger partial charge on any atom is -0.0255 e. The van der Waals surface area contributed by atoms with E-state index in [1.165, 1.54) is 6.42 Å². The highest BCUT2D eigenvalue weighted by Crippen LogP contribution is 2.24. The lowest BCUT2D eigenvalue weighted by molar-refractivity contribution is 0.610. The number of rotatable bonds is 3. The summed E-state index contributed by atoms with van der Waals surface area (Å²) in [5.41, 5.74) is 3.22. The summed E-state index contributed by atoms with van der Waals surface area (Å²) in [4.78, 5) is 0. The van der Waals surface area contributed by atoms with Gasteiger partial charge in [0.25, 0.3) is 0 Å². The minimum Gasteiger partial charge on any atom is -0.0739 e. The Bertz CT molecular complexity index is 128. The Labute approximate surface area is 71.7 Å². The molecule has 0 aromatic rings. The zero-order chi connectivity index (χ0) is 9.02. The molecule has 0 nitrogen and oxygen atoms in total. The molecule has 0 saturated carbocycles. The second-order valence-electron chi connectivity index (χ2n) is 3.90. The van der Waals surface area contributed by atoms with Crippen LogP contribution in [0.2, 0.25) is 0 Å². The van der Waals surface area contributed by atoms with E-state index in [2.05, 4.69) is 41.5 Å². The van der Waals surface area contributed by atoms with Crippen molar-refractivity contribution in [2.24, 2.45) is 11.8 Å². The molecule has 0 heterocycles. The van der Waals surface area contributed by atoms with Crippen LogP contribution in [0.5, 0.6) is 0 Å². The van der Waals surface area contributed by atoms with E-state index < -0.39 is 0 Å². The summed E-state index contributed by atoms with van der Waals surface area (Å²) in [6.45, 7) is 13.6. The molecule has 0 aliphatic carbocycles. The van der Waals surface area contributed by atoms with Gasteiger partial charge in [0.1, 0.15) is 0 Å². The molecule has 11 heavy (non-hydrogen) atoms. The number of hydrogen-bond acceptors (Lipinski definition) is 0. The molecular weight excluding hydrogens is 132 g/mol. The summed E-state index contributed by atoms with van der Waals surface area (Å²) in [6.07, 6.45) is 1.20. The smallest absolute Gasteiger partial charge is 0.0255 e. The summed E-state index contributed by atoms with van der Waals surface area (Å²) in [5, 5.41) is 0. The van der Waals surface area contributed by atoms with Gasteiger partial charge >= 0.3 is 0 Å². The monoisotopic (exact) mass is 154 g/mol. The quantitative estimate of drug-likeness (QED) is 0.538. The number of allylic oxidation sites excluding steroid dienone is 2. The fraction of sp³-hybridized carbons (Fsp3) is 0.818. The molecule has 0 aromatic heterocycles. The molecule has 0 aliphatic heterocycles. The summed E-state index contributed by atoms with van der Waals surface area (Å²) in [5.74, 6) is 1.44. The lowest BCUT2D eigenvalue weighted by Crippen LogP contribution is -2.04. The van der Waals surface area contributed by atoms with Crippen LogP contribution in [-0.4, -0.2) is 0 Å². The van der Waals surface area contributed by atoms with Crippen LogP contribution >= 0.6 is 0 Å². The Morgan fingerprint density at radius 2 is 1.36 bits per heavy atom. The molecule has 0 radical (unpaired) electrons. The van der Waals surface area contributed by atoms with Crippen LogP contribution in [0, 0.1) is 11.8 Å². The van der Waals surface area contributed by atoms with Gasteiger partial charge in [0.15, 0.2) is 0 Å². The summed E-state index contributed by atoms with van der Waals surface area (Å²) in [7, 11) is 0. The molecule has 0 unspecified atom stereocenters. The molecule has 0 atom stereocenters. The van der Waals surface area contributed by atoms with E-state index in [1.807, 2.05) is 0 Å². The van der Waals surface area contributed by atoms with Gasteiger partial charge in [0.2, 0.25) is 0 Å². The zero-order valence-corrected chi connectivity index (χ0v) is 8.86. The first kappa shape index (κ1) is 10.7. The highest BCUT2D eigenvalue weighted by Gasteiger charge is 2.09. The standard InChI is InChI=1S/C11H22/c1-7-10(6)11(8(2)3)9(4)5/h8-9H,7H2,1-6H3. The molecular formula is C11H22. The van der Waals surface area contributed by atoms with Gasteiger partial charge in [-0.25, -0.2) is 0 Å². The fourth-order valence-corrected chi connectivity index (χ4v) is 1.86. The minimum absolute atomic E-state index is 0.718. The van der Waals surface area contributed by atoms with E-state index in [4.69, 9.17) is 0 Å². The van der Waals surface area contributed by atoms with Crippen LogP contribution in [0.25, 0.3) is 0 Å². The first-order valence-electron chi connectivity index (χ1n) is 4.70. The van der Waals surface area contributed by atoms with Crippen molar-refractivity contribution in [1.29, 1.82) is 0 Å². The van der Waals surface area contributed by atoms with Crippen LogP contribution in [0.15, 0.2) is 11.1 Å². The van der Waals surface area contributed by atoms with Gasteiger partial charge in [0, 0.05) is 0 Å². The van der Waals surface area contributed by atoms with Crippen LogP contribution in [0.3, 0.4) is 0 Å². The van der Waals surface area contributed by atoms with E-state index in [-0.39, 0.29) is 0 Å². The first-order valence-corrected chi connectivity index (χ1v) is 4.70. The first-order chi connectivity index (χ1) is 5.00. The largest absolute Gasteiger partial charge is 0.0739 e. The van der Waals surface area contributed by atoms with Gasteiger partial charge in [-0.15, -0.1) is 0 Å². The highest BCUT2D eigenvalue weighted by molar-refractivity contribution is 5.15. The molecule has 66 valence electrons. The van der Waals surface area contributed by atoms with E-state index in [1.54, 1.807) is 11.1 Å². The predicted molar refractivity (Wildman–Crippen MR) is 52.7 cm³/mol. The van der Waals surface area contributed by atoms with Gasteiger partial charge in [0.05, 0.1) is 0 Å². The van der Waals surface area contributed by atoms with Gasteiger partial charge < -0.3 is 0 Å². The Morgan fingerprint density at radius 3 is 1.45 bits per heavy atom. The molecule has 0 aromatic carbocycles. The Balaban J connectivity index is 4.58. The van der Waals surface area contributed by atoms with Crippen LogP contribution in [-0.2, 0) is 0 Å². The Hall–Kier alpha value is -0.260. The molecule has 0 heteroatoms. The molecule has 0 aliphatic rings. The molecule has 0 spiro atoms. The van der Waals surface area contributed by atoms with Crippen molar-refractivity contribution in [3.63, 3.8) is 0 Å². The molecule has 0 N–H and O–H groups in total. The van der Waals surface area contributed by atoms with Crippen molar-refractivity contribution < 1.29 is 0 Å². The van der Waals surface area contributed by atoms with Crippen LogP contribution in [0.1, 0.15) is 48.0 Å². The van der Waals surface area contributed by atoms with Crippen molar-refractivity contribution in [1.82, 2.24) is 0 Å². The van der Waals surface area contributed by atoms with E-state index in [0.717, 1.165) is 11.8 Å². The molecule has 0 bridgehead atoms. The summed E-state index contributed by atoms with van der Waals surface area (Å²) in [6, 6.07) is 0. The van der Waals surface area contributed by atoms with Gasteiger partial charge in [-0.3, -0.25) is 0 Å². The van der Waals surface area contributed by atoms with Gasteiger partial charge in [-0.05, 0) is 25.2 Å². The van der Waals surface area contributed by atoms with Crippen molar-refractivity contribution >= 4 is 0 Å². The van der Waals surface area contributed by atoms with Crippen molar-refractivity contribution in [3.05, 3.63) is 11.1 Å². The van der Waals surface area contributed by atoms with Crippen LogP contribution < -0.4 is 0 Å². The normalized spacial score (nSPS) is 10.9. The Morgan fingerprint density at radius 1 is 1.00 bits per heavy atom. The fourth-order valence-electron chi connectivity index (χ4n) is 1.86. The minimum atomic E-state index is 0.718. The van der Waals surface area contributed by atoms with Gasteiger partial charge in [-0.1, -0.05) is 45.8 Å². The summed E-state index contributed by atoms with van der Waals surface area (Å²) >= 11 is 0. The van der Waals surface area contributed by atoms with Crippen molar-refractivity contribution in [2.75, 3.05) is 0 Å². The molecule has 0 fully saturated rings. The molecule has 0 amide bonds. The SMILES string of the molecule is CCC(C)=C(C(C)C)C(C)C. The maximum absolute atomic E-state index is 2.29. The van der Waals surface area contributed by atoms with E-state index in [9.17, 15) is 0 Å².